The molecule has 1 N–H and O–H groups in total. The summed E-state index contributed by atoms with van der Waals surface area (Å²) in [5.74, 6) is 0.197. The Bertz CT molecular complexity index is 486. The zero-order valence-corrected chi connectivity index (χ0v) is 10.9. The first kappa shape index (κ1) is 11.5. The molecular weight excluding hydrogens is 226 g/mol. The van der Waals surface area contributed by atoms with E-state index in [4.69, 9.17) is 0 Å². The van der Waals surface area contributed by atoms with Crippen molar-refractivity contribution in [1.29, 1.82) is 0 Å². The highest BCUT2D eigenvalue weighted by Gasteiger charge is 2.38. The molecule has 4 nitrogen and oxygen atoms in total. The van der Waals surface area contributed by atoms with Crippen molar-refractivity contribution in [2.75, 3.05) is 36.5 Å². The Hall–Kier alpha value is -1.55. The Labute approximate surface area is 108 Å². The minimum Gasteiger partial charge on any atom is -0.355 e. The van der Waals surface area contributed by atoms with Crippen LogP contribution in [0.5, 0.6) is 0 Å². The summed E-state index contributed by atoms with van der Waals surface area (Å²) in [6, 6.07) is 6.22. The van der Waals surface area contributed by atoms with Crippen molar-refractivity contribution in [2.45, 2.75) is 19.4 Å². The zero-order chi connectivity index (χ0) is 12.7. The molecule has 96 valence electrons. The average molecular weight is 245 g/mol. The minimum absolute atomic E-state index is 0.0380. The summed E-state index contributed by atoms with van der Waals surface area (Å²) >= 11 is 0. The number of para-hydroxylation sites is 1. The molecule has 0 spiro atoms. The molecule has 2 aliphatic heterocycles. The highest BCUT2D eigenvalue weighted by Crippen LogP contribution is 2.38. The molecule has 3 rings (SSSR count). The first-order valence-electron chi connectivity index (χ1n) is 6.61. The van der Waals surface area contributed by atoms with E-state index in [1.54, 1.807) is 0 Å². The molecule has 0 saturated carbocycles. The second-order valence-corrected chi connectivity index (χ2v) is 4.95. The number of benzene rings is 1. The van der Waals surface area contributed by atoms with Gasteiger partial charge in [-0.1, -0.05) is 19.1 Å². The number of hydrogen-bond acceptors (Lipinski definition) is 3. The molecule has 0 bridgehead atoms. The lowest BCUT2D eigenvalue weighted by molar-refractivity contribution is -0.120. The number of piperazine rings is 1. The van der Waals surface area contributed by atoms with Crippen LogP contribution < -0.4 is 15.1 Å². The maximum Gasteiger partial charge on any atom is 0.250 e. The summed E-state index contributed by atoms with van der Waals surface area (Å²) in [4.78, 5) is 16.5. The van der Waals surface area contributed by atoms with Gasteiger partial charge in [-0.2, -0.15) is 0 Å². The third-order valence-electron chi connectivity index (χ3n) is 3.99. The molecule has 1 amide bonds. The lowest BCUT2D eigenvalue weighted by atomic mass is 9.99. The van der Waals surface area contributed by atoms with Crippen molar-refractivity contribution < 1.29 is 4.79 Å². The molecular formula is C14H19N3O. The monoisotopic (exact) mass is 245 g/mol. The van der Waals surface area contributed by atoms with Gasteiger partial charge in [0.15, 0.2) is 0 Å². The van der Waals surface area contributed by atoms with E-state index in [9.17, 15) is 4.79 Å². The van der Waals surface area contributed by atoms with Gasteiger partial charge < -0.3 is 15.1 Å². The SMILES string of the molecule is CCc1cccc2c1N1CCNCC1C(=O)N2C. The van der Waals surface area contributed by atoms with Crippen molar-refractivity contribution in [2.24, 2.45) is 0 Å². The fraction of sp³-hybridized carbons (Fsp3) is 0.500. The molecule has 0 aliphatic carbocycles. The Morgan fingerprint density at radius 1 is 1.44 bits per heavy atom. The quantitative estimate of drug-likeness (QED) is 0.802. The summed E-state index contributed by atoms with van der Waals surface area (Å²) in [5, 5.41) is 3.31. The van der Waals surface area contributed by atoms with Gasteiger partial charge in [0.25, 0.3) is 5.91 Å². The van der Waals surface area contributed by atoms with Crippen molar-refractivity contribution >= 4 is 17.3 Å². The van der Waals surface area contributed by atoms with Gasteiger partial charge in [0.1, 0.15) is 6.04 Å². The lowest BCUT2D eigenvalue weighted by Gasteiger charge is -2.45. The summed E-state index contributed by atoms with van der Waals surface area (Å²) < 4.78 is 0. The van der Waals surface area contributed by atoms with Gasteiger partial charge in [-0.15, -0.1) is 0 Å². The van der Waals surface area contributed by atoms with E-state index in [1.807, 2.05) is 24.1 Å². The largest absolute Gasteiger partial charge is 0.355 e. The standard InChI is InChI=1S/C14H19N3O/c1-3-10-5-4-6-11-13(10)17-8-7-15-9-12(17)14(18)16(11)2/h4-6,12,15H,3,7-9H2,1-2H3. The molecule has 2 heterocycles. The second kappa shape index (κ2) is 4.28. The number of nitrogens with one attached hydrogen (secondary N) is 1. The first-order valence-corrected chi connectivity index (χ1v) is 6.61. The minimum atomic E-state index is -0.0380. The van der Waals surface area contributed by atoms with Crippen LogP contribution in [0.2, 0.25) is 0 Å². The van der Waals surface area contributed by atoms with E-state index in [0.717, 1.165) is 31.7 Å². The number of fused-ring (bicyclic) bond motifs is 3. The third-order valence-corrected chi connectivity index (χ3v) is 3.99. The van der Waals surface area contributed by atoms with E-state index in [0.29, 0.717) is 0 Å². The van der Waals surface area contributed by atoms with Crippen LogP contribution in [0.4, 0.5) is 11.4 Å². The Kier molecular flexibility index (Phi) is 2.74. The average Bonchev–Trinajstić information content (AvgIpc) is 2.44. The number of amides is 1. The second-order valence-electron chi connectivity index (χ2n) is 4.95. The lowest BCUT2D eigenvalue weighted by Crippen LogP contribution is -2.61. The third kappa shape index (κ3) is 1.52. The normalized spacial score (nSPS) is 22.8. The van der Waals surface area contributed by atoms with Crippen LogP contribution in [0.15, 0.2) is 18.2 Å². The fourth-order valence-corrected chi connectivity index (χ4v) is 3.00. The predicted octanol–water partition coefficient (Wildman–Crippen LogP) is 1.00. The molecule has 1 atom stereocenters. The Balaban J connectivity index is 2.16. The Morgan fingerprint density at radius 2 is 2.28 bits per heavy atom. The van der Waals surface area contributed by atoms with E-state index < -0.39 is 0 Å². The van der Waals surface area contributed by atoms with Crippen molar-refractivity contribution in [3.8, 4) is 0 Å². The maximum atomic E-state index is 12.4. The number of hydrogen-bond donors (Lipinski definition) is 1. The van der Waals surface area contributed by atoms with Gasteiger partial charge in [0.2, 0.25) is 0 Å². The molecule has 1 saturated heterocycles. The van der Waals surface area contributed by atoms with Crippen LogP contribution in [0.3, 0.4) is 0 Å². The van der Waals surface area contributed by atoms with E-state index >= 15 is 0 Å². The number of rotatable bonds is 1. The van der Waals surface area contributed by atoms with E-state index in [-0.39, 0.29) is 11.9 Å². The highest BCUT2D eigenvalue weighted by atomic mass is 16.2. The van der Waals surface area contributed by atoms with Crippen LogP contribution in [0.25, 0.3) is 0 Å². The van der Waals surface area contributed by atoms with Gasteiger partial charge in [-0.05, 0) is 18.1 Å². The number of carbonyl (C=O) groups is 1. The van der Waals surface area contributed by atoms with Crippen LogP contribution in [0.1, 0.15) is 12.5 Å². The molecule has 18 heavy (non-hydrogen) atoms. The highest BCUT2D eigenvalue weighted by molar-refractivity contribution is 6.06. The van der Waals surface area contributed by atoms with Gasteiger partial charge >= 0.3 is 0 Å². The van der Waals surface area contributed by atoms with Gasteiger partial charge in [-0.3, -0.25) is 4.79 Å². The predicted molar refractivity (Wildman–Crippen MR) is 73.2 cm³/mol. The van der Waals surface area contributed by atoms with Crippen LogP contribution in [0, 0.1) is 0 Å². The van der Waals surface area contributed by atoms with Crippen LogP contribution in [-0.2, 0) is 11.2 Å². The van der Waals surface area contributed by atoms with Crippen LogP contribution >= 0.6 is 0 Å². The van der Waals surface area contributed by atoms with E-state index in [2.05, 4.69) is 23.2 Å². The molecule has 1 aromatic rings. The number of anilines is 2. The van der Waals surface area contributed by atoms with Crippen molar-refractivity contribution in [1.82, 2.24) is 5.32 Å². The number of aryl methyl sites for hydroxylation is 1. The van der Waals surface area contributed by atoms with Crippen molar-refractivity contribution in [3.05, 3.63) is 23.8 Å². The number of nitrogens with zero attached hydrogens (tertiary/aromatic N) is 2. The molecule has 1 fully saturated rings. The summed E-state index contributed by atoms with van der Waals surface area (Å²) in [6.45, 7) is 4.78. The number of likely N-dealkylation sites (N-methyl/N-ethyl adjacent to an activating group) is 1. The smallest absolute Gasteiger partial charge is 0.250 e. The van der Waals surface area contributed by atoms with Gasteiger partial charge in [-0.25, -0.2) is 0 Å². The Morgan fingerprint density at radius 3 is 3.06 bits per heavy atom. The van der Waals surface area contributed by atoms with E-state index in [1.165, 1.54) is 11.3 Å². The first-order chi connectivity index (χ1) is 8.74. The molecule has 0 aromatic heterocycles. The zero-order valence-electron chi connectivity index (χ0n) is 10.9. The summed E-state index contributed by atoms with van der Waals surface area (Å²) in [6.07, 6.45) is 1.00. The topological polar surface area (TPSA) is 35.6 Å². The summed E-state index contributed by atoms with van der Waals surface area (Å²) in [7, 11) is 1.88. The molecule has 0 radical (unpaired) electrons. The molecule has 4 heteroatoms. The fourth-order valence-electron chi connectivity index (χ4n) is 3.00. The number of carbonyl (C=O) groups excluding carboxylic acids is 1. The van der Waals surface area contributed by atoms with Crippen molar-refractivity contribution in [3.63, 3.8) is 0 Å². The maximum absolute atomic E-state index is 12.4. The van der Waals surface area contributed by atoms with Gasteiger partial charge in [0.05, 0.1) is 11.4 Å². The van der Waals surface area contributed by atoms with Gasteiger partial charge in [0, 0.05) is 26.7 Å². The molecule has 1 aromatic carbocycles. The van der Waals surface area contributed by atoms with Crippen LogP contribution in [-0.4, -0.2) is 38.6 Å². The summed E-state index contributed by atoms with van der Waals surface area (Å²) in [5.41, 5.74) is 3.64. The molecule has 1 unspecified atom stereocenters. The molecule has 2 aliphatic rings.